The molecule has 0 bridgehead atoms. The normalized spacial score (nSPS) is 15.7. The van der Waals surface area contributed by atoms with Crippen molar-refractivity contribution in [3.05, 3.63) is 71.6 Å². The van der Waals surface area contributed by atoms with E-state index >= 15 is 0 Å². The van der Waals surface area contributed by atoms with Gasteiger partial charge in [-0.2, -0.15) is 0 Å². The Hall–Kier alpha value is -2.24. The third-order valence-electron chi connectivity index (χ3n) is 5.13. The van der Waals surface area contributed by atoms with Gasteiger partial charge < -0.3 is 9.64 Å². The second-order valence-electron chi connectivity index (χ2n) is 7.91. The molecule has 147 valence electrons. The Morgan fingerprint density at radius 2 is 1.68 bits per heavy atom. The minimum atomic E-state index is 0.0357. The van der Waals surface area contributed by atoms with Crippen LogP contribution in [0.15, 0.2) is 54.6 Å². The van der Waals surface area contributed by atoms with Crippen molar-refractivity contribution in [2.45, 2.75) is 52.1 Å². The van der Waals surface area contributed by atoms with E-state index in [1.807, 2.05) is 30.3 Å². The molecule has 0 amide bonds. The highest BCUT2D eigenvalue weighted by atomic mass is 16.5. The van der Waals surface area contributed by atoms with Gasteiger partial charge in [0.15, 0.2) is 0 Å². The summed E-state index contributed by atoms with van der Waals surface area (Å²) in [6.07, 6.45) is 5.97. The van der Waals surface area contributed by atoms with Crippen LogP contribution in [0.3, 0.4) is 0 Å². The average molecular weight is 375 g/mol. The summed E-state index contributed by atoms with van der Waals surface area (Å²) < 4.78 is 6.25. The Kier molecular flexibility index (Phi) is 8.00. The molecule has 1 unspecified atom stereocenters. The molecular formula is C26H32NO. The smallest absolute Gasteiger partial charge is 0.124 e. The van der Waals surface area contributed by atoms with Gasteiger partial charge in [-0.25, -0.2) is 0 Å². The second-order valence-corrected chi connectivity index (χ2v) is 7.91. The lowest BCUT2D eigenvalue weighted by molar-refractivity contribution is 0.199. The van der Waals surface area contributed by atoms with Gasteiger partial charge in [0.1, 0.15) is 11.9 Å². The van der Waals surface area contributed by atoms with Crippen molar-refractivity contribution in [1.82, 2.24) is 4.90 Å². The molecule has 2 heteroatoms. The Morgan fingerprint density at radius 3 is 2.36 bits per heavy atom. The molecule has 2 nitrogen and oxygen atoms in total. The zero-order valence-electron chi connectivity index (χ0n) is 17.3. The topological polar surface area (TPSA) is 12.5 Å². The van der Waals surface area contributed by atoms with Crippen LogP contribution in [-0.2, 0) is 0 Å². The van der Waals surface area contributed by atoms with E-state index < -0.39 is 0 Å². The molecule has 1 radical (unpaired) electrons. The monoisotopic (exact) mass is 374 g/mol. The molecule has 2 aromatic rings. The fraction of sp³-hybridized carbons (Fsp3) is 0.423. The van der Waals surface area contributed by atoms with Gasteiger partial charge in [0, 0.05) is 18.5 Å². The van der Waals surface area contributed by atoms with Gasteiger partial charge in [0.05, 0.1) is 0 Å². The first-order valence-electron chi connectivity index (χ1n) is 10.5. The molecule has 0 aromatic heterocycles. The van der Waals surface area contributed by atoms with Crippen LogP contribution in [0.4, 0.5) is 0 Å². The standard InChI is InChI=1S/C26H32NO/c1-22(2)21-26(28-25-12-5-3-6-13-25)24-16-14-23(15-17-24)11-7-10-20-27-18-8-4-9-19-27/h3,5-6,12-17,26H,4,8-10,18-21H2,1-2H3. The largest absolute Gasteiger partial charge is 0.486 e. The Bertz CT molecular complexity index is 749. The molecule has 2 aromatic carbocycles. The van der Waals surface area contributed by atoms with Gasteiger partial charge in [-0.15, -0.1) is 0 Å². The van der Waals surface area contributed by atoms with Crippen LogP contribution < -0.4 is 4.74 Å². The van der Waals surface area contributed by atoms with Crippen molar-refractivity contribution < 1.29 is 4.74 Å². The van der Waals surface area contributed by atoms with E-state index in [4.69, 9.17) is 4.74 Å². The quantitative estimate of drug-likeness (QED) is 0.548. The first-order valence-corrected chi connectivity index (χ1v) is 10.5. The molecule has 0 N–H and O–H groups in total. The van der Waals surface area contributed by atoms with E-state index in [1.54, 1.807) is 0 Å². The molecule has 1 aliphatic heterocycles. The fourth-order valence-electron chi connectivity index (χ4n) is 3.60. The SMILES string of the molecule is C[C](C)CC(Oc1ccccc1)c1ccc(C#CCCN2CCCCC2)cc1. The highest BCUT2D eigenvalue weighted by molar-refractivity contribution is 5.37. The van der Waals surface area contributed by atoms with Gasteiger partial charge in [0.25, 0.3) is 0 Å². The molecular weight excluding hydrogens is 342 g/mol. The zero-order chi connectivity index (χ0) is 19.6. The molecule has 3 rings (SSSR count). The lowest BCUT2D eigenvalue weighted by atomic mass is 9.98. The summed E-state index contributed by atoms with van der Waals surface area (Å²) >= 11 is 0. The number of nitrogens with zero attached hydrogens (tertiary/aromatic N) is 1. The van der Waals surface area contributed by atoms with Crippen molar-refractivity contribution in [1.29, 1.82) is 0 Å². The summed E-state index contributed by atoms with van der Waals surface area (Å²) in [5.74, 6) is 8.94. The van der Waals surface area contributed by atoms with Gasteiger partial charge in [-0.3, -0.25) is 0 Å². The number of para-hydroxylation sites is 1. The summed E-state index contributed by atoms with van der Waals surface area (Å²) in [7, 11) is 0. The van der Waals surface area contributed by atoms with Gasteiger partial charge in [-0.1, -0.05) is 62.4 Å². The molecule has 0 saturated carbocycles. The molecule has 1 saturated heterocycles. The van der Waals surface area contributed by atoms with Crippen LogP contribution in [0.5, 0.6) is 5.75 Å². The van der Waals surface area contributed by atoms with Gasteiger partial charge in [-0.05, 0) is 68.1 Å². The average Bonchev–Trinajstić information content (AvgIpc) is 2.72. The first-order chi connectivity index (χ1) is 13.7. The van der Waals surface area contributed by atoms with Crippen molar-refractivity contribution >= 4 is 0 Å². The minimum absolute atomic E-state index is 0.0357. The number of hydrogen-bond acceptors (Lipinski definition) is 2. The van der Waals surface area contributed by atoms with Crippen molar-refractivity contribution in [2.75, 3.05) is 19.6 Å². The number of ether oxygens (including phenoxy) is 1. The van der Waals surface area contributed by atoms with E-state index in [9.17, 15) is 0 Å². The maximum Gasteiger partial charge on any atom is 0.124 e. The summed E-state index contributed by atoms with van der Waals surface area (Å²) in [6.45, 7) is 7.90. The molecule has 1 fully saturated rings. The molecule has 1 aliphatic rings. The zero-order valence-corrected chi connectivity index (χ0v) is 17.3. The summed E-state index contributed by atoms with van der Waals surface area (Å²) in [4.78, 5) is 2.54. The van der Waals surface area contributed by atoms with Gasteiger partial charge >= 0.3 is 0 Å². The highest BCUT2D eigenvalue weighted by Crippen LogP contribution is 2.28. The van der Waals surface area contributed by atoms with E-state index in [0.717, 1.165) is 30.7 Å². The Morgan fingerprint density at radius 1 is 0.964 bits per heavy atom. The lowest BCUT2D eigenvalue weighted by Gasteiger charge is -2.25. The van der Waals surface area contributed by atoms with Gasteiger partial charge in [0.2, 0.25) is 0 Å². The molecule has 28 heavy (non-hydrogen) atoms. The van der Waals surface area contributed by atoms with Crippen LogP contribution in [0.2, 0.25) is 0 Å². The van der Waals surface area contributed by atoms with Crippen molar-refractivity contribution in [2.24, 2.45) is 0 Å². The van der Waals surface area contributed by atoms with Crippen molar-refractivity contribution in [3.63, 3.8) is 0 Å². The lowest BCUT2D eigenvalue weighted by Crippen LogP contribution is -2.30. The molecule has 1 atom stereocenters. The summed E-state index contributed by atoms with van der Waals surface area (Å²) in [6, 6.07) is 18.6. The highest BCUT2D eigenvalue weighted by Gasteiger charge is 2.15. The summed E-state index contributed by atoms with van der Waals surface area (Å²) in [5.41, 5.74) is 2.28. The van der Waals surface area contributed by atoms with Crippen LogP contribution in [0, 0.1) is 17.8 Å². The molecule has 1 heterocycles. The maximum atomic E-state index is 6.25. The Labute approximate surface area is 170 Å². The molecule has 0 spiro atoms. The third kappa shape index (κ3) is 6.73. The van der Waals surface area contributed by atoms with Crippen LogP contribution in [-0.4, -0.2) is 24.5 Å². The number of likely N-dealkylation sites (tertiary alicyclic amines) is 1. The van der Waals surface area contributed by atoms with E-state index in [1.165, 1.54) is 43.8 Å². The minimum Gasteiger partial charge on any atom is -0.486 e. The van der Waals surface area contributed by atoms with Crippen LogP contribution in [0.1, 0.15) is 63.2 Å². The van der Waals surface area contributed by atoms with Crippen molar-refractivity contribution in [3.8, 4) is 17.6 Å². The summed E-state index contributed by atoms with van der Waals surface area (Å²) in [5, 5.41) is 0. The van der Waals surface area contributed by atoms with Crippen LogP contribution in [0.25, 0.3) is 0 Å². The Balaban J connectivity index is 1.58. The third-order valence-corrected chi connectivity index (χ3v) is 5.13. The molecule has 0 aliphatic carbocycles. The predicted molar refractivity (Wildman–Crippen MR) is 117 cm³/mol. The first kappa shape index (κ1) is 20.5. The predicted octanol–water partition coefficient (Wildman–Crippen LogP) is 6.04. The maximum absolute atomic E-state index is 6.25. The van der Waals surface area contributed by atoms with E-state index in [-0.39, 0.29) is 6.10 Å². The number of piperidine rings is 1. The fourth-order valence-corrected chi connectivity index (χ4v) is 3.60. The number of rotatable bonds is 7. The second kappa shape index (κ2) is 10.9. The number of hydrogen-bond donors (Lipinski definition) is 0. The van der Waals surface area contributed by atoms with Crippen LogP contribution >= 0.6 is 0 Å². The van der Waals surface area contributed by atoms with E-state index in [2.05, 4.69) is 54.9 Å². The van der Waals surface area contributed by atoms with E-state index in [0.29, 0.717) is 0 Å². The number of benzene rings is 2.